The second kappa shape index (κ2) is 6.75. The Labute approximate surface area is 143 Å². The van der Waals surface area contributed by atoms with Crippen LogP contribution in [-0.2, 0) is 10.0 Å². The van der Waals surface area contributed by atoms with E-state index in [0.29, 0.717) is 11.3 Å². The van der Waals surface area contributed by atoms with Crippen LogP contribution in [-0.4, -0.2) is 32.7 Å². The molecule has 2 aromatic rings. The number of hydrogen-bond acceptors (Lipinski definition) is 3. The van der Waals surface area contributed by atoms with E-state index in [1.165, 1.54) is 26.2 Å². The van der Waals surface area contributed by atoms with Gasteiger partial charge < -0.3 is 5.32 Å². The second-order valence-electron chi connectivity index (χ2n) is 6.09. The third kappa shape index (κ3) is 3.83. The van der Waals surface area contributed by atoms with Crippen molar-refractivity contribution in [1.29, 1.82) is 0 Å². The molecular formula is C18H22N2O3S. The van der Waals surface area contributed by atoms with Gasteiger partial charge in [-0.05, 0) is 50.6 Å². The van der Waals surface area contributed by atoms with Crippen LogP contribution < -0.4 is 5.32 Å². The van der Waals surface area contributed by atoms with Gasteiger partial charge in [-0.15, -0.1) is 0 Å². The molecule has 6 heteroatoms. The van der Waals surface area contributed by atoms with Crippen LogP contribution >= 0.6 is 0 Å². The first-order valence-electron chi connectivity index (χ1n) is 7.54. The van der Waals surface area contributed by atoms with Crippen LogP contribution in [0.3, 0.4) is 0 Å². The zero-order valence-electron chi connectivity index (χ0n) is 14.5. The molecule has 2 rings (SSSR count). The first-order valence-corrected chi connectivity index (χ1v) is 8.98. The van der Waals surface area contributed by atoms with Gasteiger partial charge >= 0.3 is 0 Å². The Morgan fingerprint density at radius 3 is 2.08 bits per heavy atom. The minimum absolute atomic E-state index is 0.147. The van der Waals surface area contributed by atoms with Crippen LogP contribution in [0.4, 0.5) is 5.69 Å². The van der Waals surface area contributed by atoms with Crippen LogP contribution in [0.2, 0.25) is 0 Å². The third-order valence-corrected chi connectivity index (χ3v) is 5.53. The van der Waals surface area contributed by atoms with Crippen molar-refractivity contribution in [2.75, 3.05) is 19.4 Å². The number of nitrogens with zero attached hydrogens (tertiary/aromatic N) is 1. The quantitative estimate of drug-likeness (QED) is 0.925. The van der Waals surface area contributed by atoms with E-state index in [1.807, 2.05) is 26.8 Å². The molecule has 0 heterocycles. The zero-order chi connectivity index (χ0) is 18.1. The molecule has 0 atom stereocenters. The minimum atomic E-state index is -3.55. The highest BCUT2D eigenvalue weighted by Crippen LogP contribution is 2.23. The third-order valence-electron chi connectivity index (χ3n) is 3.72. The molecule has 2 aromatic carbocycles. The average Bonchev–Trinajstić information content (AvgIpc) is 2.48. The number of amides is 1. The number of carbonyl (C=O) groups is 1. The van der Waals surface area contributed by atoms with Crippen molar-refractivity contribution in [3.05, 3.63) is 58.7 Å². The predicted molar refractivity (Wildman–Crippen MR) is 95.9 cm³/mol. The molecular weight excluding hydrogens is 324 g/mol. The van der Waals surface area contributed by atoms with Gasteiger partial charge in [0, 0.05) is 25.3 Å². The summed E-state index contributed by atoms with van der Waals surface area (Å²) in [5.41, 5.74) is 3.84. The molecule has 0 aliphatic heterocycles. The lowest BCUT2D eigenvalue weighted by Crippen LogP contribution is -2.22. The van der Waals surface area contributed by atoms with Gasteiger partial charge in [0.25, 0.3) is 5.91 Å². The first-order chi connectivity index (χ1) is 11.1. The van der Waals surface area contributed by atoms with E-state index in [-0.39, 0.29) is 10.8 Å². The van der Waals surface area contributed by atoms with Crippen molar-refractivity contribution >= 4 is 21.6 Å². The number of rotatable bonds is 4. The molecule has 0 aromatic heterocycles. The molecule has 0 aliphatic carbocycles. The molecule has 1 amide bonds. The lowest BCUT2D eigenvalue weighted by atomic mass is 10.1. The van der Waals surface area contributed by atoms with Crippen molar-refractivity contribution in [3.8, 4) is 0 Å². The van der Waals surface area contributed by atoms with Crippen LogP contribution in [0.1, 0.15) is 27.0 Å². The zero-order valence-corrected chi connectivity index (χ0v) is 15.4. The Bertz CT molecular complexity index is 867. The number of anilines is 1. The summed E-state index contributed by atoms with van der Waals surface area (Å²) < 4.78 is 25.7. The fourth-order valence-electron chi connectivity index (χ4n) is 2.41. The molecule has 0 spiro atoms. The normalized spacial score (nSPS) is 11.6. The minimum Gasteiger partial charge on any atom is -0.322 e. The summed E-state index contributed by atoms with van der Waals surface area (Å²) in [6.07, 6.45) is 0. The molecule has 0 bridgehead atoms. The van der Waals surface area contributed by atoms with Crippen molar-refractivity contribution in [3.63, 3.8) is 0 Å². The van der Waals surface area contributed by atoms with Crippen molar-refractivity contribution in [1.82, 2.24) is 4.31 Å². The second-order valence-corrected chi connectivity index (χ2v) is 8.25. The Morgan fingerprint density at radius 2 is 1.54 bits per heavy atom. The fourth-order valence-corrected chi connectivity index (χ4v) is 3.34. The number of hydrogen-bond donors (Lipinski definition) is 1. The van der Waals surface area contributed by atoms with E-state index in [0.717, 1.165) is 21.0 Å². The van der Waals surface area contributed by atoms with E-state index >= 15 is 0 Å². The Morgan fingerprint density at radius 1 is 0.958 bits per heavy atom. The number of sulfonamides is 1. The van der Waals surface area contributed by atoms with E-state index < -0.39 is 10.0 Å². The van der Waals surface area contributed by atoms with E-state index in [2.05, 4.69) is 5.32 Å². The van der Waals surface area contributed by atoms with E-state index in [9.17, 15) is 13.2 Å². The maximum Gasteiger partial charge on any atom is 0.255 e. The van der Waals surface area contributed by atoms with Crippen LogP contribution in [0.15, 0.2) is 41.3 Å². The summed E-state index contributed by atoms with van der Waals surface area (Å²) in [4.78, 5) is 12.6. The number of benzene rings is 2. The number of nitrogens with one attached hydrogen (secondary N) is 1. The van der Waals surface area contributed by atoms with E-state index in [4.69, 9.17) is 0 Å². The summed E-state index contributed by atoms with van der Waals surface area (Å²) in [6.45, 7) is 5.68. The van der Waals surface area contributed by atoms with Gasteiger partial charge in [0.05, 0.1) is 4.90 Å². The topological polar surface area (TPSA) is 66.5 Å². The molecule has 0 saturated carbocycles. The smallest absolute Gasteiger partial charge is 0.255 e. The van der Waals surface area contributed by atoms with Gasteiger partial charge in [-0.3, -0.25) is 4.79 Å². The molecule has 5 nitrogen and oxygen atoms in total. The fraction of sp³-hybridized carbons (Fsp3) is 0.278. The van der Waals surface area contributed by atoms with E-state index in [1.54, 1.807) is 18.2 Å². The highest BCUT2D eigenvalue weighted by atomic mass is 32.2. The summed E-state index contributed by atoms with van der Waals surface area (Å²) >= 11 is 0. The van der Waals surface area contributed by atoms with Crippen LogP contribution in [0.5, 0.6) is 0 Å². The Hall–Kier alpha value is -2.18. The van der Waals surface area contributed by atoms with Crippen molar-refractivity contribution in [2.45, 2.75) is 25.7 Å². The molecule has 0 radical (unpaired) electrons. The predicted octanol–water partition coefficient (Wildman–Crippen LogP) is 3.11. The summed E-state index contributed by atoms with van der Waals surface area (Å²) in [7, 11) is -0.598. The molecule has 0 fully saturated rings. The number of carbonyl (C=O) groups excluding carboxylic acids is 1. The summed E-state index contributed by atoms with van der Waals surface area (Å²) in [6, 6.07) is 10.3. The maximum absolute atomic E-state index is 12.5. The largest absolute Gasteiger partial charge is 0.322 e. The summed E-state index contributed by atoms with van der Waals surface area (Å²) in [5.74, 6) is -0.260. The monoisotopic (exact) mass is 346 g/mol. The lowest BCUT2D eigenvalue weighted by molar-refractivity contribution is 0.102. The number of aryl methyl sites for hydroxylation is 3. The van der Waals surface area contributed by atoms with Crippen LogP contribution in [0, 0.1) is 20.8 Å². The average molecular weight is 346 g/mol. The highest BCUT2D eigenvalue weighted by Gasteiger charge is 2.19. The van der Waals surface area contributed by atoms with Gasteiger partial charge in [0.2, 0.25) is 10.0 Å². The van der Waals surface area contributed by atoms with Gasteiger partial charge in [0.15, 0.2) is 0 Å². The molecule has 1 N–H and O–H groups in total. The molecule has 128 valence electrons. The van der Waals surface area contributed by atoms with Crippen LogP contribution in [0.25, 0.3) is 0 Å². The molecule has 0 saturated heterocycles. The summed E-state index contributed by atoms with van der Waals surface area (Å²) in [5, 5.41) is 2.81. The Kier molecular flexibility index (Phi) is 5.11. The first kappa shape index (κ1) is 18.2. The molecule has 24 heavy (non-hydrogen) atoms. The standard InChI is InChI=1S/C18H22N2O3S/c1-12-8-13(2)10-15(9-12)18(21)19-17-11-16(7-6-14(17)3)24(22,23)20(4)5/h6-11H,1-5H3,(H,19,21). The van der Waals surface area contributed by atoms with Crippen molar-refractivity contribution < 1.29 is 13.2 Å². The van der Waals surface area contributed by atoms with Crippen molar-refractivity contribution in [2.24, 2.45) is 0 Å². The van der Waals surface area contributed by atoms with Gasteiger partial charge in [-0.25, -0.2) is 12.7 Å². The Balaban J connectivity index is 2.37. The lowest BCUT2D eigenvalue weighted by Gasteiger charge is -2.14. The van der Waals surface area contributed by atoms with Gasteiger partial charge in [-0.1, -0.05) is 23.3 Å². The SMILES string of the molecule is Cc1cc(C)cc(C(=O)Nc2cc(S(=O)(=O)N(C)C)ccc2C)c1. The van der Waals surface area contributed by atoms with Gasteiger partial charge in [-0.2, -0.15) is 0 Å². The molecule has 0 aliphatic rings. The van der Waals surface area contributed by atoms with Gasteiger partial charge in [0.1, 0.15) is 0 Å². The highest BCUT2D eigenvalue weighted by molar-refractivity contribution is 7.89. The maximum atomic E-state index is 12.5. The molecule has 0 unspecified atom stereocenters.